The van der Waals surface area contributed by atoms with E-state index in [0.29, 0.717) is 12.1 Å². The molecule has 0 spiro atoms. The minimum Gasteiger partial charge on any atom is -0.274 e. The second kappa shape index (κ2) is 6.43. The molecule has 1 unspecified atom stereocenters. The van der Waals surface area contributed by atoms with Crippen LogP contribution in [-0.2, 0) is 16.0 Å². The van der Waals surface area contributed by atoms with Gasteiger partial charge in [-0.25, -0.2) is 0 Å². The van der Waals surface area contributed by atoms with Crippen LogP contribution in [0.1, 0.15) is 23.1 Å². The Morgan fingerprint density at radius 2 is 1.74 bits per heavy atom. The highest BCUT2D eigenvalue weighted by Gasteiger charge is 2.39. The largest absolute Gasteiger partial charge is 0.274 e. The molecule has 0 saturated carbocycles. The second-order valence-electron chi connectivity index (χ2n) is 6.07. The van der Waals surface area contributed by atoms with Crippen molar-refractivity contribution in [3.63, 3.8) is 0 Å². The van der Waals surface area contributed by atoms with Gasteiger partial charge >= 0.3 is 0 Å². The Labute approximate surface area is 149 Å². The number of carbonyl (C=O) groups excluding carboxylic acids is 2. The number of rotatable bonds is 3. The van der Waals surface area contributed by atoms with E-state index in [-0.39, 0.29) is 24.2 Å². The predicted molar refractivity (Wildman–Crippen MR) is 99.4 cm³/mol. The van der Waals surface area contributed by atoms with E-state index in [9.17, 15) is 9.59 Å². The SMILES string of the molecule is Cc1ccc(CC2CC(=O)N(c3ccc(I)cc3)C2=O)cc1C. The van der Waals surface area contributed by atoms with Crippen molar-refractivity contribution in [2.75, 3.05) is 4.90 Å². The van der Waals surface area contributed by atoms with E-state index in [1.165, 1.54) is 16.0 Å². The highest BCUT2D eigenvalue weighted by molar-refractivity contribution is 14.1. The van der Waals surface area contributed by atoms with Gasteiger partial charge in [0, 0.05) is 9.99 Å². The van der Waals surface area contributed by atoms with E-state index in [2.05, 4.69) is 48.6 Å². The first-order valence-corrected chi connectivity index (χ1v) is 8.72. The molecule has 3 rings (SSSR count). The molecule has 1 aliphatic rings. The number of imide groups is 1. The minimum atomic E-state index is -0.260. The second-order valence-corrected chi connectivity index (χ2v) is 7.31. The topological polar surface area (TPSA) is 37.4 Å². The highest BCUT2D eigenvalue weighted by atomic mass is 127. The van der Waals surface area contributed by atoms with Crippen LogP contribution in [0.5, 0.6) is 0 Å². The monoisotopic (exact) mass is 419 g/mol. The van der Waals surface area contributed by atoms with Crippen LogP contribution in [0.15, 0.2) is 42.5 Å². The first-order chi connectivity index (χ1) is 11.0. The van der Waals surface area contributed by atoms with Crippen molar-refractivity contribution < 1.29 is 9.59 Å². The molecule has 1 heterocycles. The van der Waals surface area contributed by atoms with Crippen LogP contribution in [0, 0.1) is 23.3 Å². The molecule has 3 nitrogen and oxygen atoms in total. The summed E-state index contributed by atoms with van der Waals surface area (Å²) in [5, 5.41) is 0. The molecule has 23 heavy (non-hydrogen) atoms. The van der Waals surface area contributed by atoms with Crippen molar-refractivity contribution in [2.45, 2.75) is 26.7 Å². The average Bonchev–Trinajstić information content (AvgIpc) is 2.79. The lowest BCUT2D eigenvalue weighted by Gasteiger charge is -2.15. The first-order valence-electron chi connectivity index (χ1n) is 7.64. The molecule has 0 N–H and O–H groups in total. The maximum absolute atomic E-state index is 12.7. The third-order valence-electron chi connectivity index (χ3n) is 4.38. The highest BCUT2D eigenvalue weighted by Crippen LogP contribution is 2.29. The number of nitrogens with zero attached hydrogens (tertiary/aromatic N) is 1. The van der Waals surface area contributed by atoms with Gasteiger partial charge in [0.1, 0.15) is 0 Å². The van der Waals surface area contributed by atoms with Gasteiger partial charge in [-0.2, -0.15) is 0 Å². The first kappa shape index (κ1) is 16.2. The predicted octanol–water partition coefficient (Wildman–Crippen LogP) is 4.03. The van der Waals surface area contributed by atoms with Crippen molar-refractivity contribution in [3.05, 3.63) is 62.7 Å². The van der Waals surface area contributed by atoms with E-state index < -0.39 is 0 Å². The molecule has 0 aliphatic carbocycles. The summed E-state index contributed by atoms with van der Waals surface area (Å²) in [5.41, 5.74) is 4.24. The molecule has 1 aliphatic heterocycles. The summed E-state index contributed by atoms with van der Waals surface area (Å²) in [6.45, 7) is 4.14. The molecule has 118 valence electrons. The summed E-state index contributed by atoms with van der Waals surface area (Å²) in [4.78, 5) is 26.3. The third kappa shape index (κ3) is 3.32. The number of anilines is 1. The summed E-state index contributed by atoms with van der Waals surface area (Å²) in [6, 6.07) is 13.7. The Morgan fingerprint density at radius 1 is 1.04 bits per heavy atom. The van der Waals surface area contributed by atoms with Gasteiger partial charge in [0.25, 0.3) is 0 Å². The Bertz CT molecular complexity index is 767. The zero-order valence-corrected chi connectivity index (χ0v) is 15.3. The summed E-state index contributed by atoms with van der Waals surface area (Å²) in [5.74, 6) is -0.455. The van der Waals surface area contributed by atoms with Gasteiger partial charge in [-0.3, -0.25) is 14.5 Å². The van der Waals surface area contributed by atoms with Crippen LogP contribution in [0.25, 0.3) is 0 Å². The normalized spacial score (nSPS) is 17.9. The Morgan fingerprint density at radius 3 is 2.39 bits per heavy atom. The Kier molecular flexibility index (Phi) is 4.53. The molecule has 0 aromatic heterocycles. The molecule has 2 aromatic carbocycles. The third-order valence-corrected chi connectivity index (χ3v) is 5.10. The number of amides is 2. The summed E-state index contributed by atoms with van der Waals surface area (Å²) >= 11 is 2.21. The van der Waals surface area contributed by atoms with Crippen molar-refractivity contribution >= 4 is 40.1 Å². The quantitative estimate of drug-likeness (QED) is 0.557. The number of hydrogen-bond donors (Lipinski definition) is 0. The maximum Gasteiger partial charge on any atom is 0.237 e. The van der Waals surface area contributed by atoms with Gasteiger partial charge in [-0.15, -0.1) is 0 Å². The maximum atomic E-state index is 12.7. The summed E-state index contributed by atoms with van der Waals surface area (Å²) in [7, 11) is 0. The van der Waals surface area contributed by atoms with E-state index in [0.717, 1.165) is 9.13 Å². The fourth-order valence-corrected chi connectivity index (χ4v) is 3.29. The van der Waals surface area contributed by atoms with Gasteiger partial charge in [0.2, 0.25) is 11.8 Å². The van der Waals surface area contributed by atoms with E-state index in [1.807, 2.05) is 30.3 Å². The van der Waals surface area contributed by atoms with Crippen LogP contribution >= 0.6 is 22.6 Å². The molecule has 1 saturated heterocycles. The van der Waals surface area contributed by atoms with Crippen LogP contribution in [0.2, 0.25) is 0 Å². The molecule has 2 aromatic rings. The lowest BCUT2D eigenvalue weighted by Crippen LogP contribution is -2.30. The molecular weight excluding hydrogens is 401 g/mol. The van der Waals surface area contributed by atoms with Crippen LogP contribution in [0.4, 0.5) is 5.69 Å². The van der Waals surface area contributed by atoms with Gasteiger partial charge in [0.15, 0.2) is 0 Å². The fourth-order valence-electron chi connectivity index (χ4n) is 2.93. The smallest absolute Gasteiger partial charge is 0.237 e. The average molecular weight is 419 g/mol. The number of hydrogen-bond acceptors (Lipinski definition) is 2. The minimum absolute atomic E-state index is 0.0885. The molecule has 4 heteroatoms. The number of benzene rings is 2. The standard InChI is InChI=1S/C19H18INO2/c1-12-3-4-14(9-13(12)2)10-15-11-18(22)21(19(15)23)17-7-5-16(20)6-8-17/h3-9,15H,10-11H2,1-2H3. The van der Waals surface area contributed by atoms with Crippen LogP contribution in [-0.4, -0.2) is 11.8 Å². The summed E-state index contributed by atoms with van der Waals surface area (Å²) in [6.07, 6.45) is 0.907. The lowest BCUT2D eigenvalue weighted by molar-refractivity contribution is -0.122. The molecule has 2 amide bonds. The van der Waals surface area contributed by atoms with Gasteiger partial charge in [-0.05, 0) is 83.8 Å². The lowest BCUT2D eigenvalue weighted by atomic mass is 9.95. The van der Waals surface area contributed by atoms with E-state index in [1.54, 1.807) is 0 Å². The van der Waals surface area contributed by atoms with Gasteiger partial charge in [-0.1, -0.05) is 18.2 Å². The molecule has 1 fully saturated rings. The number of carbonyl (C=O) groups is 2. The molecular formula is C19H18INO2. The molecule has 0 bridgehead atoms. The van der Waals surface area contributed by atoms with Gasteiger partial charge < -0.3 is 0 Å². The van der Waals surface area contributed by atoms with Crippen LogP contribution in [0.3, 0.4) is 0 Å². The van der Waals surface area contributed by atoms with Gasteiger partial charge in [0.05, 0.1) is 11.6 Å². The van der Waals surface area contributed by atoms with E-state index in [4.69, 9.17) is 0 Å². The fraction of sp³-hybridized carbons (Fsp3) is 0.263. The Hall–Kier alpha value is -1.69. The van der Waals surface area contributed by atoms with Crippen molar-refractivity contribution in [1.82, 2.24) is 0 Å². The number of aryl methyl sites for hydroxylation is 2. The zero-order valence-electron chi connectivity index (χ0n) is 13.2. The molecule has 0 radical (unpaired) electrons. The van der Waals surface area contributed by atoms with Crippen molar-refractivity contribution in [1.29, 1.82) is 0 Å². The van der Waals surface area contributed by atoms with E-state index >= 15 is 0 Å². The van der Waals surface area contributed by atoms with Crippen molar-refractivity contribution in [2.24, 2.45) is 5.92 Å². The zero-order chi connectivity index (χ0) is 16.6. The molecule has 1 atom stereocenters. The Balaban J connectivity index is 1.80. The van der Waals surface area contributed by atoms with Crippen LogP contribution < -0.4 is 4.90 Å². The summed E-state index contributed by atoms with van der Waals surface area (Å²) < 4.78 is 1.08. The number of halogens is 1. The van der Waals surface area contributed by atoms with Crippen molar-refractivity contribution in [3.8, 4) is 0 Å².